The van der Waals surface area contributed by atoms with Crippen LogP contribution in [0.15, 0.2) is 0 Å². The van der Waals surface area contributed by atoms with Gasteiger partial charge in [0.1, 0.15) is 11.6 Å². The molecule has 0 aromatic heterocycles. The number of rotatable bonds is 5. The van der Waals surface area contributed by atoms with Gasteiger partial charge in [-0.05, 0) is 58.8 Å². The van der Waals surface area contributed by atoms with Crippen LogP contribution < -0.4 is 5.32 Å². The van der Waals surface area contributed by atoms with Crippen LogP contribution >= 0.6 is 0 Å². The first-order valence-electron chi connectivity index (χ1n) is 7.46. The van der Waals surface area contributed by atoms with Crippen LogP contribution in [0.3, 0.4) is 0 Å². The van der Waals surface area contributed by atoms with Gasteiger partial charge in [-0.1, -0.05) is 0 Å². The molecule has 1 fully saturated rings. The molecule has 0 heterocycles. The average Bonchev–Trinajstić information content (AvgIpc) is 2.36. The Hall–Kier alpha value is -1.30. The second-order valence-electron chi connectivity index (χ2n) is 6.65. The number of hydrogen-bond donors (Lipinski definition) is 2. The van der Waals surface area contributed by atoms with Gasteiger partial charge in [-0.15, -0.1) is 0 Å². The molecule has 1 aliphatic rings. The number of carboxylic acid groups (broad SMARTS) is 1. The summed E-state index contributed by atoms with van der Waals surface area (Å²) in [6.07, 6.45) is 3.78. The molecule has 1 saturated carbocycles. The van der Waals surface area contributed by atoms with Gasteiger partial charge in [-0.2, -0.15) is 0 Å². The predicted octanol–water partition coefficient (Wildman–Crippen LogP) is 2.56. The van der Waals surface area contributed by atoms with Gasteiger partial charge in [0.2, 0.25) is 0 Å². The fraction of sp³-hybridized carbons (Fsp3) is 0.867. The number of carboxylic acids is 1. The third-order valence-corrected chi connectivity index (χ3v) is 3.69. The molecule has 0 bridgehead atoms. The van der Waals surface area contributed by atoms with Gasteiger partial charge in [0.15, 0.2) is 0 Å². The van der Waals surface area contributed by atoms with Crippen molar-refractivity contribution in [2.75, 3.05) is 7.11 Å². The van der Waals surface area contributed by atoms with Crippen LogP contribution in [0.1, 0.15) is 52.9 Å². The van der Waals surface area contributed by atoms with Crippen molar-refractivity contribution < 1.29 is 24.2 Å². The van der Waals surface area contributed by atoms with Crippen LogP contribution in [0.2, 0.25) is 0 Å². The summed E-state index contributed by atoms with van der Waals surface area (Å²) >= 11 is 0. The molecule has 0 aromatic carbocycles. The van der Waals surface area contributed by atoms with Crippen molar-refractivity contribution in [1.29, 1.82) is 0 Å². The molecule has 2 N–H and O–H groups in total. The predicted molar refractivity (Wildman–Crippen MR) is 78.2 cm³/mol. The minimum Gasteiger partial charge on any atom is -0.480 e. The Bertz CT molecular complexity index is 356. The zero-order valence-electron chi connectivity index (χ0n) is 13.3. The fourth-order valence-electron chi connectivity index (χ4n) is 2.61. The highest BCUT2D eigenvalue weighted by molar-refractivity contribution is 5.80. The van der Waals surface area contributed by atoms with Crippen molar-refractivity contribution >= 4 is 12.1 Å². The largest absolute Gasteiger partial charge is 0.480 e. The summed E-state index contributed by atoms with van der Waals surface area (Å²) in [5.74, 6) is -0.720. The maximum absolute atomic E-state index is 11.7. The van der Waals surface area contributed by atoms with Crippen LogP contribution in [0, 0.1) is 5.92 Å². The van der Waals surface area contributed by atoms with Crippen molar-refractivity contribution in [2.45, 2.75) is 70.6 Å². The standard InChI is InChI=1S/C15H27NO5/c1-15(2,3)21-14(19)16-12(13(17)18)9-10-5-7-11(20-4)8-6-10/h10-12H,5-9H2,1-4H3,(H,16,19)(H,17,18)/t10?,11?,12-/m0/s1. The SMILES string of the molecule is COC1CCC(C[C@H](NC(=O)OC(C)(C)C)C(=O)O)CC1. The van der Waals surface area contributed by atoms with Gasteiger partial charge in [0.05, 0.1) is 6.10 Å². The molecule has 0 spiro atoms. The van der Waals surface area contributed by atoms with E-state index >= 15 is 0 Å². The third-order valence-electron chi connectivity index (χ3n) is 3.69. The Balaban J connectivity index is 2.47. The number of alkyl carbamates (subject to hydrolysis) is 1. The third kappa shape index (κ3) is 6.80. The molecule has 1 amide bonds. The molecule has 6 heteroatoms. The molecule has 0 unspecified atom stereocenters. The van der Waals surface area contributed by atoms with E-state index in [0.717, 1.165) is 25.7 Å². The Kier molecular flexibility index (Phi) is 6.45. The summed E-state index contributed by atoms with van der Waals surface area (Å²) < 4.78 is 10.4. The molecule has 21 heavy (non-hydrogen) atoms. The van der Waals surface area contributed by atoms with E-state index in [9.17, 15) is 14.7 Å². The Morgan fingerprint density at radius 2 is 1.81 bits per heavy atom. The van der Waals surface area contributed by atoms with Crippen LogP contribution in [0.25, 0.3) is 0 Å². The summed E-state index contributed by atoms with van der Waals surface area (Å²) in [4.78, 5) is 23.0. The highest BCUT2D eigenvalue weighted by Gasteiger charge is 2.29. The molecule has 6 nitrogen and oxygen atoms in total. The second kappa shape index (κ2) is 7.64. The minimum atomic E-state index is -1.02. The monoisotopic (exact) mass is 301 g/mol. The zero-order chi connectivity index (χ0) is 16.0. The number of hydrogen-bond acceptors (Lipinski definition) is 4. The zero-order valence-corrected chi connectivity index (χ0v) is 13.3. The van der Waals surface area contributed by atoms with E-state index in [-0.39, 0.29) is 6.10 Å². The molecular formula is C15H27NO5. The molecular weight excluding hydrogens is 274 g/mol. The number of amides is 1. The van der Waals surface area contributed by atoms with Crippen molar-refractivity contribution in [3.05, 3.63) is 0 Å². The minimum absolute atomic E-state index is 0.281. The van der Waals surface area contributed by atoms with E-state index in [1.165, 1.54) is 0 Å². The number of nitrogens with one attached hydrogen (secondary N) is 1. The molecule has 1 atom stereocenters. The van der Waals surface area contributed by atoms with E-state index < -0.39 is 23.7 Å². The van der Waals surface area contributed by atoms with E-state index in [2.05, 4.69) is 5.32 Å². The number of ether oxygens (including phenoxy) is 2. The van der Waals surface area contributed by atoms with Gasteiger partial charge < -0.3 is 19.9 Å². The van der Waals surface area contributed by atoms with Gasteiger partial charge in [-0.3, -0.25) is 0 Å². The highest BCUT2D eigenvalue weighted by atomic mass is 16.6. The van der Waals surface area contributed by atoms with Crippen LogP contribution in [0.5, 0.6) is 0 Å². The average molecular weight is 301 g/mol. The fourth-order valence-corrected chi connectivity index (χ4v) is 2.61. The van der Waals surface area contributed by atoms with Crippen molar-refractivity contribution in [3.63, 3.8) is 0 Å². The number of carbonyl (C=O) groups is 2. The van der Waals surface area contributed by atoms with Gasteiger partial charge in [-0.25, -0.2) is 9.59 Å². The lowest BCUT2D eigenvalue weighted by Gasteiger charge is -2.29. The van der Waals surface area contributed by atoms with Crippen LogP contribution in [-0.2, 0) is 14.3 Å². The summed E-state index contributed by atoms with van der Waals surface area (Å²) in [6.45, 7) is 5.23. The molecule has 0 aromatic rings. The molecule has 1 aliphatic carbocycles. The maximum Gasteiger partial charge on any atom is 0.408 e. The summed E-state index contributed by atoms with van der Waals surface area (Å²) in [6, 6.07) is -0.899. The maximum atomic E-state index is 11.7. The van der Waals surface area contributed by atoms with E-state index in [1.54, 1.807) is 27.9 Å². The highest BCUT2D eigenvalue weighted by Crippen LogP contribution is 2.29. The molecule has 0 saturated heterocycles. The second-order valence-corrected chi connectivity index (χ2v) is 6.65. The molecule has 122 valence electrons. The number of carbonyl (C=O) groups excluding carboxylic acids is 1. The topological polar surface area (TPSA) is 84.9 Å². The Labute approximate surface area is 126 Å². The van der Waals surface area contributed by atoms with Gasteiger partial charge in [0.25, 0.3) is 0 Å². The quantitative estimate of drug-likeness (QED) is 0.815. The van der Waals surface area contributed by atoms with Gasteiger partial charge in [0, 0.05) is 7.11 Å². The first-order chi connectivity index (χ1) is 9.71. The summed E-state index contributed by atoms with van der Waals surface area (Å²) in [7, 11) is 1.70. The van der Waals surface area contributed by atoms with Gasteiger partial charge >= 0.3 is 12.1 Å². The lowest BCUT2D eigenvalue weighted by molar-refractivity contribution is -0.140. The number of methoxy groups -OCH3 is 1. The first kappa shape index (κ1) is 17.8. The Morgan fingerprint density at radius 3 is 2.24 bits per heavy atom. The first-order valence-corrected chi connectivity index (χ1v) is 7.46. The van der Waals surface area contributed by atoms with E-state index in [4.69, 9.17) is 9.47 Å². The molecule has 0 radical (unpaired) electrons. The lowest BCUT2D eigenvalue weighted by Crippen LogP contribution is -2.44. The number of aliphatic carboxylic acids is 1. The Morgan fingerprint density at radius 1 is 1.24 bits per heavy atom. The summed E-state index contributed by atoms with van der Waals surface area (Å²) in [5.41, 5.74) is -0.635. The molecule has 0 aliphatic heterocycles. The smallest absolute Gasteiger partial charge is 0.408 e. The van der Waals surface area contributed by atoms with E-state index in [0.29, 0.717) is 12.3 Å². The van der Waals surface area contributed by atoms with Crippen LogP contribution in [-0.4, -0.2) is 42.0 Å². The van der Waals surface area contributed by atoms with E-state index in [1.807, 2.05) is 0 Å². The van der Waals surface area contributed by atoms with Crippen molar-refractivity contribution in [1.82, 2.24) is 5.32 Å². The van der Waals surface area contributed by atoms with Crippen molar-refractivity contribution in [3.8, 4) is 0 Å². The summed E-state index contributed by atoms with van der Waals surface area (Å²) in [5, 5.41) is 11.7. The van der Waals surface area contributed by atoms with Crippen LogP contribution in [0.4, 0.5) is 4.79 Å². The normalized spacial score (nSPS) is 24.2. The lowest BCUT2D eigenvalue weighted by atomic mass is 9.83. The molecule has 1 rings (SSSR count). The van der Waals surface area contributed by atoms with Crippen molar-refractivity contribution in [2.24, 2.45) is 5.92 Å².